The summed E-state index contributed by atoms with van der Waals surface area (Å²) in [5, 5.41) is -0.0948. The van der Waals surface area contributed by atoms with Crippen LogP contribution >= 0.6 is 11.6 Å². The maximum Gasteiger partial charge on any atom is 0.133 e. The zero-order valence-electron chi connectivity index (χ0n) is 12.8. The zero-order chi connectivity index (χ0) is 14.4. The first kappa shape index (κ1) is 3.02. The standard InChI is InChI=1S/C8H11ClN2/c1-5(2)8-10-6(3)4-7(9)11-8/h4-5H,1-3H3/i1D3,2D3,5D. The Labute approximate surface area is 81.5 Å². The smallest absolute Gasteiger partial charge is 0.133 e. The minimum Gasteiger partial charge on any atom is -0.238 e. The Hall–Kier alpha value is -0.630. The molecule has 0 saturated heterocycles. The molecule has 0 radical (unpaired) electrons. The van der Waals surface area contributed by atoms with Crippen molar-refractivity contribution in [2.24, 2.45) is 0 Å². The van der Waals surface area contributed by atoms with Crippen LogP contribution in [-0.4, -0.2) is 9.97 Å². The summed E-state index contributed by atoms with van der Waals surface area (Å²) >= 11 is 5.65. The Morgan fingerprint density at radius 2 is 2.36 bits per heavy atom. The Morgan fingerprint density at radius 1 is 1.64 bits per heavy atom. The lowest BCUT2D eigenvalue weighted by atomic mass is 10.2. The van der Waals surface area contributed by atoms with Crippen molar-refractivity contribution < 1.29 is 9.60 Å². The molecule has 0 saturated carbocycles. The van der Waals surface area contributed by atoms with Crippen LogP contribution in [-0.2, 0) is 0 Å². The van der Waals surface area contributed by atoms with E-state index >= 15 is 0 Å². The highest BCUT2D eigenvalue weighted by Crippen LogP contribution is 2.12. The quantitative estimate of drug-likeness (QED) is 0.617. The Morgan fingerprint density at radius 3 is 2.91 bits per heavy atom. The van der Waals surface area contributed by atoms with Crippen LogP contribution in [0.2, 0.25) is 5.15 Å². The lowest BCUT2D eigenvalue weighted by Crippen LogP contribution is -1.98. The SMILES string of the molecule is [2H]C([2H])([2H])C([2H])(c1nc(C)cc(Cl)n1)C([2H])([2H])[2H]. The predicted octanol–water partition coefficient (Wildman–Crippen LogP) is 2.56. The molecule has 0 amide bonds. The molecule has 1 rings (SSSR count). The fourth-order valence-corrected chi connectivity index (χ4v) is 0.880. The first-order valence-corrected chi connectivity index (χ1v) is 3.29. The summed E-state index contributed by atoms with van der Waals surface area (Å²) in [6.07, 6.45) is 0. The molecule has 0 aliphatic heterocycles. The molecule has 0 atom stereocenters. The van der Waals surface area contributed by atoms with Crippen LogP contribution < -0.4 is 0 Å². The van der Waals surface area contributed by atoms with Crippen LogP contribution in [0.4, 0.5) is 0 Å². The highest BCUT2D eigenvalue weighted by Gasteiger charge is 2.03. The third-order valence-corrected chi connectivity index (χ3v) is 1.24. The maximum atomic E-state index is 7.85. The zero-order valence-corrected chi connectivity index (χ0v) is 6.61. The second-order valence-corrected chi connectivity index (χ2v) is 2.42. The van der Waals surface area contributed by atoms with Gasteiger partial charge in [0.1, 0.15) is 11.0 Å². The van der Waals surface area contributed by atoms with E-state index in [2.05, 4.69) is 9.97 Å². The topological polar surface area (TPSA) is 25.8 Å². The van der Waals surface area contributed by atoms with Crippen molar-refractivity contribution in [3.05, 3.63) is 22.7 Å². The van der Waals surface area contributed by atoms with E-state index in [1.807, 2.05) is 0 Å². The largest absolute Gasteiger partial charge is 0.238 e. The molecule has 0 unspecified atom stereocenters. The summed E-state index contributed by atoms with van der Waals surface area (Å²) in [7, 11) is 0. The second-order valence-electron chi connectivity index (χ2n) is 2.03. The van der Waals surface area contributed by atoms with Crippen molar-refractivity contribution in [2.75, 3.05) is 0 Å². The summed E-state index contributed by atoms with van der Waals surface area (Å²) in [5.41, 5.74) is 0.301. The Kier molecular flexibility index (Phi) is 0.872. The molecule has 0 bridgehead atoms. The van der Waals surface area contributed by atoms with Crippen LogP contribution in [0.5, 0.6) is 0 Å². The minimum atomic E-state index is -3.10. The molecule has 60 valence electrons. The third-order valence-electron chi connectivity index (χ3n) is 1.05. The van der Waals surface area contributed by atoms with E-state index in [0.717, 1.165) is 0 Å². The van der Waals surface area contributed by atoms with Gasteiger partial charge in [-0.05, 0) is 13.0 Å². The van der Waals surface area contributed by atoms with Gasteiger partial charge in [0.05, 0.1) is 0 Å². The molecular weight excluding hydrogens is 160 g/mol. The molecular formula is C8H11ClN2. The molecule has 1 heterocycles. The van der Waals surface area contributed by atoms with Crippen molar-refractivity contribution >= 4 is 11.6 Å². The average molecular weight is 178 g/mol. The van der Waals surface area contributed by atoms with Gasteiger partial charge in [0.25, 0.3) is 0 Å². The molecule has 2 nitrogen and oxygen atoms in total. The molecule has 3 heteroatoms. The van der Waals surface area contributed by atoms with Gasteiger partial charge in [0.15, 0.2) is 0 Å². The summed E-state index contributed by atoms with van der Waals surface area (Å²) in [6.45, 7) is -4.69. The molecule has 0 fully saturated rings. The number of hydrogen-bond acceptors (Lipinski definition) is 2. The lowest BCUT2D eigenvalue weighted by molar-refractivity contribution is 0.766. The van der Waals surface area contributed by atoms with Gasteiger partial charge in [0.2, 0.25) is 0 Å². The van der Waals surface area contributed by atoms with Crippen molar-refractivity contribution in [2.45, 2.75) is 26.5 Å². The van der Waals surface area contributed by atoms with E-state index in [-0.39, 0.29) is 5.15 Å². The molecule has 0 spiro atoms. The van der Waals surface area contributed by atoms with Gasteiger partial charge in [-0.2, -0.15) is 0 Å². The number of rotatable bonds is 1. The fraction of sp³-hybridized carbons (Fsp3) is 0.500. The number of halogens is 1. The number of hydrogen-bond donors (Lipinski definition) is 0. The van der Waals surface area contributed by atoms with Gasteiger partial charge in [-0.3, -0.25) is 0 Å². The average Bonchev–Trinajstić information content (AvgIpc) is 2.11. The molecule has 11 heavy (non-hydrogen) atoms. The summed E-state index contributed by atoms with van der Waals surface area (Å²) in [4.78, 5) is 7.32. The summed E-state index contributed by atoms with van der Waals surface area (Å²) < 4.78 is 51.5. The van der Waals surface area contributed by atoms with Crippen molar-refractivity contribution in [1.29, 1.82) is 0 Å². The first-order chi connectivity index (χ1) is 7.89. The Bertz CT molecular complexity index is 419. The van der Waals surface area contributed by atoms with Crippen molar-refractivity contribution in [3.63, 3.8) is 0 Å². The van der Waals surface area contributed by atoms with Gasteiger partial charge >= 0.3 is 0 Å². The van der Waals surface area contributed by atoms with Gasteiger partial charge < -0.3 is 0 Å². The summed E-state index contributed by atoms with van der Waals surface area (Å²) in [5.74, 6) is -3.53. The molecule has 0 aliphatic carbocycles. The van der Waals surface area contributed by atoms with Crippen LogP contribution in [0.3, 0.4) is 0 Å². The highest BCUT2D eigenvalue weighted by atomic mass is 35.5. The molecule has 0 N–H and O–H groups in total. The fourth-order valence-electron chi connectivity index (χ4n) is 0.642. The monoisotopic (exact) mass is 177 g/mol. The van der Waals surface area contributed by atoms with Gasteiger partial charge in [-0.25, -0.2) is 9.97 Å². The van der Waals surface area contributed by atoms with Gasteiger partial charge in [0, 0.05) is 21.2 Å². The van der Waals surface area contributed by atoms with Crippen molar-refractivity contribution in [3.8, 4) is 0 Å². The van der Waals surface area contributed by atoms with E-state index in [9.17, 15) is 0 Å². The highest BCUT2D eigenvalue weighted by molar-refractivity contribution is 6.29. The number of aromatic nitrogens is 2. The van der Waals surface area contributed by atoms with E-state index in [4.69, 9.17) is 21.2 Å². The van der Waals surface area contributed by atoms with E-state index < -0.39 is 25.4 Å². The summed E-state index contributed by atoms with van der Waals surface area (Å²) in [6, 6.07) is 1.35. The van der Waals surface area contributed by atoms with Gasteiger partial charge in [-0.15, -0.1) is 0 Å². The second kappa shape index (κ2) is 3.18. The van der Waals surface area contributed by atoms with E-state index in [1.165, 1.54) is 13.0 Å². The first-order valence-electron chi connectivity index (χ1n) is 6.41. The molecule has 1 aromatic rings. The van der Waals surface area contributed by atoms with Crippen LogP contribution in [0, 0.1) is 6.92 Å². The van der Waals surface area contributed by atoms with E-state index in [0.29, 0.717) is 5.69 Å². The predicted molar refractivity (Wildman–Crippen MR) is 45.9 cm³/mol. The molecule has 0 aliphatic rings. The van der Waals surface area contributed by atoms with Crippen LogP contribution in [0.15, 0.2) is 6.07 Å². The normalized spacial score (nSPS) is 23.3. The Balaban J connectivity index is 3.55. The lowest BCUT2D eigenvalue weighted by Gasteiger charge is -2.03. The number of nitrogens with zero attached hydrogens (tertiary/aromatic N) is 2. The number of aryl methyl sites for hydroxylation is 1. The van der Waals surface area contributed by atoms with Crippen molar-refractivity contribution in [1.82, 2.24) is 9.97 Å². The minimum absolute atomic E-state index is 0.0948. The molecule has 1 aromatic heterocycles. The van der Waals surface area contributed by atoms with Crippen LogP contribution in [0.25, 0.3) is 0 Å². The third kappa shape index (κ3) is 2.15. The maximum absolute atomic E-state index is 7.85. The van der Waals surface area contributed by atoms with Crippen LogP contribution in [0.1, 0.15) is 40.7 Å². The van der Waals surface area contributed by atoms with Gasteiger partial charge in [-0.1, -0.05) is 25.3 Å². The van der Waals surface area contributed by atoms with E-state index in [1.54, 1.807) is 0 Å². The molecule has 0 aromatic carbocycles.